The molecule has 1 aliphatic rings. The van der Waals surface area contributed by atoms with Crippen LogP contribution >= 0.6 is 11.8 Å². The van der Waals surface area contributed by atoms with Crippen molar-refractivity contribution in [1.82, 2.24) is 19.4 Å². The highest BCUT2D eigenvalue weighted by Gasteiger charge is 2.17. The van der Waals surface area contributed by atoms with Gasteiger partial charge in [-0.25, -0.2) is 9.97 Å². The molecule has 0 spiro atoms. The zero-order chi connectivity index (χ0) is 19.8. The standard InChI is InChI=1S/C23H25N5S/c1-29-23-26-20-21(18-6-2-3-7-19(18)25-22(20)24)28(23)15-17-10-8-16(9-11-17)14-27-12-4-5-13-27/h2-3,6-11H,4-5,12-15H2,1H3,(H2,24,25). The number of hydrogen-bond acceptors (Lipinski definition) is 5. The van der Waals surface area contributed by atoms with Crippen LogP contribution < -0.4 is 5.73 Å². The highest BCUT2D eigenvalue weighted by Crippen LogP contribution is 2.32. The lowest BCUT2D eigenvalue weighted by Gasteiger charge is -2.15. The molecule has 148 valence electrons. The minimum Gasteiger partial charge on any atom is -0.382 e. The highest BCUT2D eigenvalue weighted by molar-refractivity contribution is 7.98. The van der Waals surface area contributed by atoms with Gasteiger partial charge in [0.05, 0.1) is 17.6 Å². The molecule has 0 atom stereocenters. The third-order valence-electron chi connectivity index (χ3n) is 5.73. The van der Waals surface area contributed by atoms with Crippen molar-refractivity contribution in [2.75, 3.05) is 25.1 Å². The zero-order valence-corrected chi connectivity index (χ0v) is 17.5. The lowest BCUT2D eigenvalue weighted by molar-refractivity contribution is 0.331. The van der Waals surface area contributed by atoms with Gasteiger partial charge in [0.25, 0.3) is 0 Å². The van der Waals surface area contributed by atoms with Crippen LogP contribution in [0.4, 0.5) is 5.82 Å². The SMILES string of the molecule is CSc1nc2c(N)nc3ccccc3c2n1Cc1ccc(CN2CCCC2)cc1. The van der Waals surface area contributed by atoms with Crippen molar-refractivity contribution in [3.63, 3.8) is 0 Å². The quantitative estimate of drug-likeness (QED) is 0.496. The van der Waals surface area contributed by atoms with Gasteiger partial charge in [0, 0.05) is 11.9 Å². The largest absolute Gasteiger partial charge is 0.382 e. The van der Waals surface area contributed by atoms with Crippen LogP contribution in [-0.4, -0.2) is 38.8 Å². The first-order valence-electron chi connectivity index (χ1n) is 10.1. The summed E-state index contributed by atoms with van der Waals surface area (Å²) >= 11 is 1.64. The van der Waals surface area contributed by atoms with E-state index in [-0.39, 0.29) is 0 Å². The van der Waals surface area contributed by atoms with Crippen molar-refractivity contribution < 1.29 is 0 Å². The summed E-state index contributed by atoms with van der Waals surface area (Å²) < 4.78 is 2.27. The van der Waals surface area contributed by atoms with Gasteiger partial charge in [-0.05, 0) is 49.4 Å². The Labute approximate surface area is 174 Å². The molecule has 3 heterocycles. The Balaban J connectivity index is 1.52. The molecule has 5 rings (SSSR count). The second kappa shape index (κ2) is 7.69. The van der Waals surface area contributed by atoms with E-state index >= 15 is 0 Å². The molecule has 4 aromatic rings. The lowest BCUT2D eigenvalue weighted by atomic mass is 10.1. The maximum absolute atomic E-state index is 6.25. The molecule has 1 fully saturated rings. The zero-order valence-electron chi connectivity index (χ0n) is 16.6. The van der Waals surface area contributed by atoms with Gasteiger partial charge in [-0.2, -0.15) is 0 Å². The Morgan fingerprint density at radius 2 is 1.62 bits per heavy atom. The van der Waals surface area contributed by atoms with Crippen LogP contribution in [0.1, 0.15) is 24.0 Å². The van der Waals surface area contributed by atoms with Crippen molar-refractivity contribution in [2.24, 2.45) is 0 Å². The summed E-state index contributed by atoms with van der Waals surface area (Å²) in [5, 5.41) is 2.06. The number of thioether (sulfide) groups is 1. The predicted octanol–water partition coefficient (Wildman–Crippen LogP) is 4.53. The minimum absolute atomic E-state index is 0.494. The van der Waals surface area contributed by atoms with E-state index in [1.807, 2.05) is 18.2 Å². The first kappa shape index (κ1) is 18.5. The first-order chi connectivity index (χ1) is 14.2. The van der Waals surface area contributed by atoms with E-state index in [0.29, 0.717) is 5.82 Å². The number of nitrogens with zero attached hydrogens (tertiary/aromatic N) is 4. The van der Waals surface area contributed by atoms with Crippen LogP contribution in [0.5, 0.6) is 0 Å². The summed E-state index contributed by atoms with van der Waals surface area (Å²) in [6, 6.07) is 17.2. The second-order valence-electron chi connectivity index (χ2n) is 7.70. The van der Waals surface area contributed by atoms with E-state index in [0.717, 1.165) is 40.2 Å². The van der Waals surface area contributed by atoms with Crippen LogP contribution in [0.25, 0.3) is 21.9 Å². The van der Waals surface area contributed by atoms with Crippen LogP contribution in [0.3, 0.4) is 0 Å². The molecule has 1 aliphatic heterocycles. The molecule has 0 aliphatic carbocycles. The number of rotatable bonds is 5. The maximum atomic E-state index is 6.25. The van der Waals surface area contributed by atoms with Crippen molar-refractivity contribution >= 4 is 39.5 Å². The van der Waals surface area contributed by atoms with Gasteiger partial charge < -0.3 is 10.3 Å². The average molecular weight is 404 g/mol. The summed E-state index contributed by atoms with van der Waals surface area (Å²) in [5.74, 6) is 0.494. The van der Waals surface area contributed by atoms with Crippen LogP contribution in [0.15, 0.2) is 53.7 Å². The van der Waals surface area contributed by atoms with Gasteiger partial charge in [-0.15, -0.1) is 0 Å². The Kier molecular flexibility index (Phi) is 4.89. The Morgan fingerprint density at radius 3 is 2.34 bits per heavy atom. The van der Waals surface area contributed by atoms with Gasteiger partial charge in [-0.3, -0.25) is 4.90 Å². The smallest absolute Gasteiger partial charge is 0.169 e. The van der Waals surface area contributed by atoms with E-state index in [1.165, 1.54) is 37.1 Å². The van der Waals surface area contributed by atoms with E-state index in [1.54, 1.807) is 11.8 Å². The monoisotopic (exact) mass is 403 g/mol. The molecule has 0 bridgehead atoms. The second-order valence-corrected chi connectivity index (χ2v) is 8.47. The van der Waals surface area contributed by atoms with Crippen LogP contribution in [0, 0.1) is 0 Å². The lowest BCUT2D eigenvalue weighted by Crippen LogP contribution is -2.18. The number of aromatic nitrogens is 3. The summed E-state index contributed by atoms with van der Waals surface area (Å²) in [5.41, 5.74) is 11.7. The number of hydrogen-bond donors (Lipinski definition) is 1. The number of pyridine rings is 1. The first-order valence-corrected chi connectivity index (χ1v) is 11.3. The van der Waals surface area contributed by atoms with Gasteiger partial charge in [-0.1, -0.05) is 54.2 Å². The van der Waals surface area contributed by atoms with Crippen LogP contribution in [0.2, 0.25) is 0 Å². The van der Waals surface area contributed by atoms with Gasteiger partial charge >= 0.3 is 0 Å². The van der Waals surface area contributed by atoms with E-state index in [9.17, 15) is 0 Å². The minimum atomic E-state index is 0.494. The number of fused-ring (bicyclic) bond motifs is 3. The van der Waals surface area contributed by atoms with Crippen molar-refractivity contribution in [1.29, 1.82) is 0 Å². The molecule has 6 heteroatoms. The fraction of sp³-hybridized carbons (Fsp3) is 0.304. The molecule has 0 unspecified atom stereocenters. The Hall–Kier alpha value is -2.57. The molecule has 0 radical (unpaired) electrons. The number of nitrogens with two attached hydrogens (primary N) is 1. The maximum Gasteiger partial charge on any atom is 0.169 e. The van der Waals surface area contributed by atoms with Crippen molar-refractivity contribution in [2.45, 2.75) is 31.1 Å². The number of imidazole rings is 1. The molecule has 0 saturated carbocycles. The summed E-state index contributed by atoms with van der Waals surface area (Å²) in [7, 11) is 0. The fourth-order valence-electron chi connectivity index (χ4n) is 4.27. The van der Waals surface area contributed by atoms with E-state index in [2.05, 4.69) is 51.0 Å². The van der Waals surface area contributed by atoms with E-state index < -0.39 is 0 Å². The molecular weight excluding hydrogens is 378 g/mol. The molecular formula is C23H25N5S. The van der Waals surface area contributed by atoms with Crippen LogP contribution in [-0.2, 0) is 13.1 Å². The molecule has 2 aromatic heterocycles. The average Bonchev–Trinajstić information content (AvgIpc) is 3.38. The van der Waals surface area contributed by atoms with Gasteiger partial charge in [0.15, 0.2) is 11.0 Å². The third kappa shape index (κ3) is 3.47. The van der Waals surface area contributed by atoms with Crippen molar-refractivity contribution in [3.05, 3.63) is 59.7 Å². The Morgan fingerprint density at radius 1 is 0.931 bits per heavy atom. The molecule has 2 N–H and O–H groups in total. The third-order valence-corrected chi connectivity index (χ3v) is 6.40. The molecule has 0 amide bonds. The number of anilines is 1. The van der Waals surface area contributed by atoms with E-state index in [4.69, 9.17) is 10.7 Å². The summed E-state index contributed by atoms with van der Waals surface area (Å²) in [6.45, 7) is 4.27. The van der Waals surface area contributed by atoms with Gasteiger partial charge in [0.2, 0.25) is 0 Å². The summed E-state index contributed by atoms with van der Waals surface area (Å²) in [6.07, 6.45) is 4.72. The molecule has 2 aromatic carbocycles. The topological polar surface area (TPSA) is 60.0 Å². The fourth-order valence-corrected chi connectivity index (χ4v) is 4.83. The highest BCUT2D eigenvalue weighted by atomic mass is 32.2. The Bertz CT molecular complexity index is 1160. The molecule has 29 heavy (non-hydrogen) atoms. The predicted molar refractivity (Wildman–Crippen MR) is 121 cm³/mol. The molecule has 1 saturated heterocycles. The van der Waals surface area contributed by atoms with Crippen molar-refractivity contribution in [3.8, 4) is 0 Å². The summed E-state index contributed by atoms with van der Waals surface area (Å²) in [4.78, 5) is 11.9. The number of nitrogen functional groups attached to an aromatic ring is 1. The number of likely N-dealkylation sites (tertiary alicyclic amines) is 1. The number of benzene rings is 2. The van der Waals surface area contributed by atoms with Gasteiger partial charge in [0.1, 0.15) is 5.52 Å². The normalized spacial score (nSPS) is 14.9. The number of para-hydroxylation sites is 1. The molecule has 5 nitrogen and oxygen atoms in total.